The van der Waals surface area contributed by atoms with Gasteiger partial charge in [0.1, 0.15) is 5.75 Å². The number of nitrogens with one attached hydrogen (secondary N) is 1. The van der Waals surface area contributed by atoms with E-state index in [1.165, 1.54) is 43.3 Å². The Morgan fingerprint density at radius 2 is 1.83 bits per heavy atom. The summed E-state index contributed by atoms with van der Waals surface area (Å²) in [6, 6.07) is 9.12. The quantitative estimate of drug-likeness (QED) is 0.772. The first-order valence-corrected chi connectivity index (χ1v) is 7.53. The van der Waals surface area contributed by atoms with Crippen LogP contribution in [0, 0.1) is 0 Å². The molecule has 0 aliphatic carbocycles. The smallest absolute Gasteiger partial charge is 0.418 e. The monoisotopic (exact) mass is 377 g/mol. The molecule has 1 atom stereocenters. The van der Waals surface area contributed by atoms with Crippen LogP contribution in [0.15, 0.2) is 42.5 Å². The average Bonchev–Trinajstić information content (AvgIpc) is 2.49. The Balaban J connectivity index is 2.13. The van der Waals surface area contributed by atoms with Crippen LogP contribution in [0.1, 0.15) is 12.5 Å². The fourth-order valence-electron chi connectivity index (χ4n) is 1.89. The van der Waals surface area contributed by atoms with E-state index in [4.69, 9.17) is 27.9 Å². The third-order valence-corrected chi connectivity index (χ3v) is 3.59. The van der Waals surface area contributed by atoms with Gasteiger partial charge in [-0.15, -0.1) is 0 Å². The first kappa shape index (κ1) is 18.4. The van der Waals surface area contributed by atoms with E-state index >= 15 is 0 Å². The largest absolute Gasteiger partial charge is 0.479 e. The van der Waals surface area contributed by atoms with Crippen LogP contribution in [0.25, 0.3) is 0 Å². The standard InChI is InChI=1S/C16H12Cl2F3NO2/c1-9(24-14-7-6-10(17)8-12(14)18)15(23)22-13-5-3-2-4-11(13)16(19,20)21/h2-9H,1H3,(H,22,23). The lowest BCUT2D eigenvalue weighted by Crippen LogP contribution is -2.31. The van der Waals surface area contributed by atoms with E-state index in [2.05, 4.69) is 5.32 Å². The minimum absolute atomic E-state index is 0.192. The molecule has 0 fully saturated rings. The second kappa shape index (κ2) is 7.32. The molecule has 1 amide bonds. The van der Waals surface area contributed by atoms with Crippen LogP contribution in [-0.2, 0) is 11.0 Å². The molecule has 1 N–H and O–H groups in total. The SMILES string of the molecule is CC(Oc1ccc(Cl)cc1Cl)C(=O)Nc1ccccc1C(F)(F)F. The minimum Gasteiger partial charge on any atom is -0.479 e. The second-order valence-corrected chi connectivity index (χ2v) is 5.71. The summed E-state index contributed by atoms with van der Waals surface area (Å²) in [6.07, 6.45) is -5.64. The van der Waals surface area contributed by atoms with E-state index in [0.717, 1.165) is 6.07 Å². The molecular formula is C16H12Cl2F3NO2. The van der Waals surface area contributed by atoms with E-state index < -0.39 is 23.8 Å². The number of anilines is 1. The number of hydrogen-bond acceptors (Lipinski definition) is 2. The van der Waals surface area contributed by atoms with Crippen molar-refractivity contribution in [1.29, 1.82) is 0 Å². The van der Waals surface area contributed by atoms with Crippen molar-refractivity contribution in [3.8, 4) is 5.75 Å². The first-order valence-electron chi connectivity index (χ1n) is 6.77. The lowest BCUT2D eigenvalue weighted by molar-refractivity contribution is -0.137. The molecule has 8 heteroatoms. The van der Waals surface area contributed by atoms with Crippen molar-refractivity contribution in [1.82, 2.24) is 0 Å². The lowest BCUT2D eigenvalue weighted by Gasteiger charge is -2.18. The maximum Gasteiger partial charge on any atom is 0.418 e. The van der Waals surface area contributed by atoms with Gasteiger partial charge in [-0.25, -0.2) is 0 Å². The van der Waals surface area contributed by atoms with Crippen molar-refractivity contribution >= 4 is 34.8 Å². The highest BCUT2D eigenvalue weighted by Crippen LogP contribution is 2.34. The summed E-state index contributed by atoms with van der Waals surface area (Å²) in [6.45, 7) is 1.40. The van der Waals surface area contributed by atoms with Gasteiger partial charge in [-0.1, -0.05) is 35.3 Å². The highest BCUT2D eigenvalue weighted by molar-refractivity contribution is 6.35. The zero-order chi connectivity index (χ0) is 17.9. The predicted molar refractivity (Wildman–Crippen MR) is 86.6 cm³/mol. The molecule has 2 rings (SSSR count). The van der Waals surface area contributed by atoms with Crippen molar-refractivity contribution in [2.24, 2.45) is 0 Å². The average molecular weight is 378 g/mol. The van der Waals surface area contributed by atoms with E-state index in [1.54, 1.807) is 0 Å². The van der Waals surface area contributed by atoms with Gasteiger partial charge < -0.3 is 10.1 Å². The zero-order valence-electron chi connectivity index (χ0n) is 12.3. The van der Waals surface area contributed by atoms with Gasteiger partial charge in [0.2, 0.25) is 0 Å². The number of ether oxygens (including phenoxy) is 1. The maximum atomic E-state index is 12.9. The van der Waals surface area contributed by atoms with E-state index in [1.807, 2.05) is 0 Å². The molecular weight excluding hydrogens is 366 g/mol. The number of para-hydroxylation sites is 1. The van der Waals surface area contributed by atoms with Crippen LogP contribution >= 0.6 is 23.2 Å². The molecule has 0 heterocycles. The number of amides is 1. The summed E-state index contributed by atoms with van der Waals surface area (Å²) >= 11 is 11.7. The van der Waals surface area contributed by atoms with Crippen molar-refractivity contribution in [2.75, 3.05) is 5.32 Å². The fraction of sp³-hybridized carbons (Fsp3) is 0.188. The van der Waals surface area contributed by atoms with Crippen LogP contribution in [0.2, 0.25) is 10.0 Å². The van der Waals surface area contributed by atoms with Crippen LogP contribution in [0.5, 0.6) is 5.75 Å². The number of benzene rings is 2. The van der Waals surface area contributed by atoms with Gasteiger partial charge in [0.25, 0.3) is 5.91 Å². The molecule has 0 saturated carbocycles. The van der Waals surface area contributed by atoms with Crippen molar-refractivity contribution < 1.29 is 22.7 Å². The predicted octanol–water partition coefficient (Wildman–Crippen LogP) is 5.42. The van der Waals surface area contributed by atoms with Gasteiger partial charge in [-0.2, -0.15) is 13.2 Å². The Labute approximate surface area is 146 Å². The Hall–Kier alpha value is -1.92. The summed E-state index contributed by atoms with van der Waals surface area (Å²) in [5.41, 5.74) is -1.28. The van der Waals surface area contributed by atoms with Gasteiger partial charge in [-0.05, 0) is 37.3 Å². The molecule has 0 aromatic heterocycles. The van der Waals surface area contributed by atoms with Crippen LogP contribution in [0.4, 0.5) is 18.9 Å². The second-order valence-electron chi connectivity index (χ2n) is 4.87. The summed E-state index contributed by atoms with van der Waals surface area (Å²) in [4.78, 5) is 12.1. The summed E-state index contributed by atoms with van der Waals surface area (Å²) in [7, 11) is 0. The first-order chi connectivity index (χ1) is 11.2. The van der Waals surface area contributed by atoms with Crippen LogP contribution in [0.3, 0.4) is 0 Å². The highest BCUT2D eigenvalue weighted by Gasteiger charge is 2.34. The van der Waals surface area contributed by atoms with Crippen molar-refractivity contribution in [3.63, 3.8) is 0 Å². The van der Waals surface area contributed by atoms with Crippen molar-refractivity contribution in [2.45, 2.75) is 19.2 Å². The Morgan fingerprint density at radius 1 is 1.17 bits per heavy atom. The van der Waals surface area contributed by atoms with E-state index in [-0.39, 0.29) is 16.5 Å². The molecule has 1 unspecified atom stereocenters. The lowest BCUT2D eigenvalue weighted by atomic mass is 10.1. The summed E-state index contributed by atoms with van der Waals surface area (Å²) in [5, 5.41) is 2.80. The molecule has 0 aliphatic rings. The number of rotatable bonds is 4. The molecule has 0 radical (unpaired) electrons. The molecule has 0 saturated heterocycles. The molecule has 2 aromatic rings. The van der Waals surface area contributed by atoms with Gasteiger partial charge in [-0.3, -0.25) is 4.79 Å². The van der Waals surface area contributed by atoms with Gasteiger partial charge in [0.15, 0.2) is 6.10 Å². The number of hydrogen-bond donors (Lipinski definition) is 1. The maximum absolute atomic E-state index is 12.9. The Morgan fingerprint density at radius 3 is 2.46 bits per heavy atom. The normalized spacial score (nSPS) is 12.6. The molecule has 0 spiro atoms. The summed E-state index contributed by atoms with van der Waals surface area (Å²) < 4.78 is 44.2. The zero-order valence-corrected chi connectivity index (χ0v) is 13.8. The number of carbonyl (C=O) groups excluding carboxylic acids is 1. The Bertz CT molecular complexity index is 750. The number of halogens is 5. The molecule has 0 aliphatic heterocycles. The molecule has 0 bridgehead atoms. The molecule has 2 aromatic carbocycles. The topological polar surface area (TPSA) is 38.3 Å². The molecule has 3 nitrogen and oxygen atoms in total. The molecule has 24 heavy (non-hydrogen) atoms. The Kier molecular flexibility index (Phi) is 5.62. The molecule has 128 valence electrons. The van der Waals surface area contributed by atoms with Crippen LogP contribution in [-0.4, -0.2) is 12.0 Å². The van der Waals surface area contributed by atoms with E-state index in [0.29, 0.717) is 5.02 Å². The van der Waals surface area contributed by atoms with Crippen molar-refractivity contribution in [3.05, 3.63) is 58.1 Å². The van der Waals surface area contributed by atoms with E-state index in [9.17, 15) is 18.0 Å². The third-order valence-electron chi connectivity index (χ3n) is 3.06. The minimum atomic E-state index is -4.58. The van der Waals surface area contributed by atoms with Gasteiger partial charge in [0.05, 0.1) is 16.3 Å². The number of carbonyl (C=O) groups is 1. The van der Waals surface area contributed by atoms with Gasteiger partial charge >= 0.3 is 6.18 Å². The van der Waals surface area contributed by atoms with Gasteiger partial charge in [0, 0.05) is 5.02 Å². The summed E-state index contributed by atoms with van der Waals surface area (Å²) in [5.74, 6) is -0.537. The third kappa shape index (κ3) is 4.55. The van der Waals surface area contributed by atoms with Crippen LogP contribution < -0.4 is 10.1 Å². The highest BCUT2D eigenvalue weighted by atomic mass is 35.5. The number of alkyl halides is 3. The fourth-order valence-corrected chi connectivity index (χ4v) is 2.34.